The lowest BCUT2D eigenvalue weighted by molar-refractivity contribution is 0.546. The van der Waals surface area contributed by atoms with Crippen molar-refractivity contribution >= 4 is 15.9 Å². The van der Waals surface area contributed by atoms with Crippen molar-refractivity contribution in [2.45, 2.75) is 58.4 Å². The molecule has 0 unspecified atom stereocenters. The molecule has 15 heavy (non-hydrogen) atoms. The van der Waals surface area contributed by atoms with E-state index in [2.05, 4.69) is 32.4 Å². The number of hydrogen-bond donors (Lipinski definition) is 0. The Morgan fingerprint density at radius 1 is 1.13 bits per heavy atom. The minimum Gasteiger partial charge on any atom is -0.326 e. The SMILES string of the molecule is CCCCCCCCCn1ccnc1Br. The van der Waals surface area contributed by atoms with Gasteiger partial charge in [-0.1, -0.05) is 45.4 Å². The first-order valence-electron chi connectivity index (χ1n) is 6.01. The second-order valence-corrected chi connectivity index (χ2v) is 4.72. The van der Waals surface area contributed by atoms with Crippen LogP contribution >= 0.6 is 15.9 Å². The second-order valence-electron chi connectivity index (χ2n) is 4.01. The molecule has 0 aliphatic heterocycles. The summed E-state index contributed by atoms with van der Waals surface area (Å²) in [5.74, 6) is 0. The molecule has 1 heterocycles. The van der Waals surface area contributed by atoms with Gasteiger partial charge in [-0.2, -0.15) is 0 Å². The van der Waals surface area contributed by atoms with Gasteiger partial charge in [0.15, 0.2) is 4.73 Å². The van der Waals surface area contributed by atoms with E-state index in [0.29, 0.717) is 0 Å². The van der Waals surface area contributed by atoms with Crippen LogP contribution in [-0.2, 0) is 6.54 Å². The van der Waals surface area contributed by atoms with Crippen LogP contribution in [0.3, 0.4) is 0 Å². The molecule has 0 spiro atoms. The van der Waals surface area contributed by atoms with Crippen LogP contribution < -0.4 is 0 Å². The fourth-order valence-electron chi connectivity index (χ4n) is 1.72. The van der Waals surface area contributed by atoms with Gasteiger partial charge in [0.2, 0.25) is 0 Å². The number of unbranched alkanes of at least 4 members (excludes halogenated alkanes) is 6. The summed E-state index contributed by atoms with van der Waals surface area (Å²) in [6.07, 6.45) is 13.4. The Hall–Kier alpha value is -0.310. The Morgan fingerprint density at radius 3 is 2.40 bits per heavy atom. The molecule has 1 rings (SSSR count). The molecule has 0 aliphatic rings. The quantitative estimate of drug-likeness (QED) is 0.642. The molecule has 0 N–H and O–H groups in total. The molecule has 0 saturated carbocycles. The summed E-state index contributed by atoms with van der Waals surface area (Å²) in [5, 5.41) is 0. The highest BCUT2D eigenvalue weighted by Crippen LogP contribution is 2.10. The molecule has 0 bridgehead atoms. The fraction of sp³-hybridized carbons (Fsp3) is 0.750. The maximum atomic E-state index is 4.14. The van der Waals surface area contributed by atoms with E-state index >= 15 is 0 Å². The molecular formula is C12H21BrN2. The number of hydrogen-bond acceptors (Lipinski definition) is 1. The number of nitrogens with zero attached hydrogens (tertiary/aromatic N) is 2. The summed E-state index contributed by atoms with van der Waals surface area (Å²) in [6, 6.07) is 0. The van der Waals surface area contributed by atoms with E-state index in [-0.39, 0.29) is 0 Å². The summed E-state index contributed by atoms with van der Waals surface area (Å²) < 4.78 is 3.11. The Labute approximate surface area is 101 Å². The molecule has 3 heteroatoms. The van der Waals surface area contributed by atoms with Gasteiger partial charge in [0, 0.05) is 18.9 Å². The van der Waals surface area contributed by atoms with Crippen molar-refractivity contribution in [1.29, 1.82) is 0 Å². The predicted molar refractivity (Wildman–Crippen MR) is 67.9 cm³/mol. The maximum Gasteiger partial charge on any atom is 0.177 e. The summed E-state index contributed by atoms with van der Waals surface area (Å²) in [7, 11) is 0. The van der Waals surface area contributed by atoms with Gasteiger partial charge in [0.25, 0.3) is 0 Å². The number of aromatic nitrogens is 2. The van der Waals surface area contributed by atoms with E-state index in [1.807, 2.05) is 12.4 Å². The molecule has 0 radical (unpaired) electrons. The van der Waals surface area contributed by atoms with Crippen LogP contribution in [0, 0.1) is 0 Å². The first kappa shape index (κ1) is 12.8. The maximum absolute atomic E-state index is 4.14. The topological polar surface area (TPSA) is 17.8 Å². The lowest BCUT2D eigenvalue weighted by Gasteiger charge is -2.03. The van der Waals surface area contributed by atoms with Crippen LogP contribution in [0.25, 0.3) is 0 Å². The van der Waals surface area contributed by atoms with Crippen LogP contribution in [0.5, 0.6) is 0 Å². The highest BCUT2D eigenvalue weighted by Gasteiger charge is 1.97. The standard InChI is InChI=1S/C12H21BrN2/c1-2-3-4-5-6-7-8-10-15-11-9-14-12(15)13/h9,11H,2-8,10H2,1H3. The Balaban J connectivity index is 1.96. The van der Waals surface area contributed by atoms with Crippen LogP contribution in [0.2, 0.25) is 0 Å². The molecule has 0 saturated heterocycles. The van der Waals surface area contributed by atoms with Crippen LogP contribution in [-0.4, -0.2) is 9.55 Å². The number of halogens is 1. The molecule has 1 aromatic rings. The average Bonchev–Trinajstić information content (AvgIpc) is 2.63. The zero-order chi connectivity index (χ0) is 10.9. The summed E-state index contributed by atoms with van der Waals surface area (Å²) in [6.45, 7) is 3.35. The van der Waals surface area contributed by atoms with Crippen LogP contribution in [0.4, 0.5) is 0 Å². The first-order chi connectivity index (χ1) is 7.34. The molecule has 0 amide bonds. The summed E-state index contributed by atoms with van der Waals surface area (Å²) in [5.41, 5.74) is 0. The largest absolute Gasteiger partial charge is 0.326 e. The number of rotatable bonds is 8. The monoisotopic (exact) mass is 272 g/mol. The molecule has 0 fully saturated rings. The molecule has 86 valence electrons. The van der Waals surface area contributed by atoms with Gasteiger partial charge >= 0.3 is 0 Å². The minimum atomic E-state index is 0.952. The molecule has 1 aromatic heterocycles. The average molecular weight is 273 g/mol. The molecule has 0 atom stereocenters. The van der Waals surface area contributed by atoms with Crippen LogP contribution in [0.1, 0.15) is 51.9 Å². The Morgan fingerprint density at radius 2 is 1.80 bits per heavy atom. The second kappa shape index (κ2) is 7.91. The van der Waals surface area contributed by atoms with E-state index in [1.165, 1.54) is 44.9 Å². The summed E-state index contributed by atoms with van der Waals surface area (Å²) in [4.78, 5) is 4.14. The smallest absolute Gasteiger partial charge is 0.177 e. The number of aryl methyl sites for hydroxylation is 1. The van der Waals surface area contributed by atoms with Gasteiger partial charge in [-0.15, -0.1) is 0 Å². The van der Waals surface area contributed by atoms with Crippen molar-refractivity contribution < 1.29 is 0 Å². The van der Waals surface area contributed by atoms with Gasteiger partial charge in [-0.05, 0) is 22.4 Å². The third kappa shape index (κ3) is 5.36. The number of imidazole rings is 1. The van der Waals surface area contributed by atoms with Crippen molar-refractivity contribution in [2.75, 3.05) is 0 Å². The van der Waals surface area contributed by atoms with Crippen LogP contribution in [0.15, 0.2) is 17.1 Å². The van der Waals surface area contributed by atoms with Gasteiger partial charge in [-0.3, -0.25) is 0 Å². The molecule has 0 aromatic carbocycles. The van der Waals surface area contributed by atoms with Crippen molar-refractivity contribution in [3.05, 3.63) is 17.1 Å². The Bertz CT molecular complexity index is 258. The highest BCUT2D eigenvalue weighted by molar-refractivity contribution is 9.10. The third-order valence-corrected chi connectivity index (χ3v) is 3.33. The van der Waals surface area contributed by atoms with Gasteiger partial charge in [-0.25, -0.2) is 4.98 Å². The summed E-state index contributed by atoms with van der Waals surface area (Å²) >= 11 is 3.42. The molecule has 0 aliphatic carbocycles. The predicted octanol–water partition coefficient (Wildman–Crippen LogP) is 4.40. The normalized spacial score (nSPS) is 10.8. The van der Waals surface area contributed by atoms with Crippen molar-refractivity contribution in [1.82, 2.24) is 9.55 Å². The van der Waals surface area contributed by atoms with Gasteiger partial charge in [0.1, 0.15) is 0 Å². The lowest BCUT2D eigenvalue weighted by Crippen LogP contribution is -1.96. The Kier molecular flexibility index (Phi) is 6.73. The van der Waals surface area contributed by atoms with E-state index in [4.69, 9.17) is 0 Å². The lowest BCUT2D eigenvalue weighted by atomic mass is 10.1. The zero-order valence-electron chi connectivity index (χ0n) is 9.58. The molecular weight excluding hydrogens is 252 g/mol. The van der Waals surface area contributed by atoms with E-state index < -0.39 is 0 Å². The van der Waals surface area contributed by atoms with Crippen molar-refractivity contribution in [2.24, 2.45) is 0 Å². The van der Waals surface area contributed by atoms with E-state index in [9.17, 15) is 0 Å². The minimum absolute atomic E-state index is 0.952. The molecule has 2 nitrogen and oxygen atoms in total. The van der Waals surface area contributed by atoms with Crippen molar-refractivity contribution in [3.63, 3.8) is 0 Å². The van der Waals surface area contributed by atoms with E-state index in [0.717, 1.165) is 11.3 Å². The highest BCUT2D eigenvalue weighted by atomic mass is 79.9. The van der Waals surface area contributed by atoms with Crippen molar-refractivity contribution in [3.8, 4) is 0 Å². The van der Waals surface area contributed by atoms with Gasteiger partial charge in [0.05, 0.1) is 0 Å². The zero-order valence-corrected chi connectivity index (χ0v) is 11.2. The van der Waals surface area contributed by atoms with Gasteiger partial charge < -0.3 is 4.57 Å². The van der Waals surface area contributed by atoms with E-state index in [1.54, 1.807) is 0 Å². The fourth-order valence-corrected chi connectivity index (χ4v) is 2.13. The first-order valence-corrected chi connectivity index (χ1v) is 6.80. The third-order valence-electron chi connectivity index (χ3n) is 2.67.